The van der Waals surface area contributed by atoms with Crippen molar-refractivity contribution in [3.8, 4) is 0 Å². The molecule has 5 nitrogen and oxygen atoms in total. The van der Waals surface area contributed by atoms with Crippen LogP contribution >= 0.6 is 0 Å². The largest absolute Gasteiger partial charge is 0.396 e. The second-order valence-corrected chi connectivity index (χ2v) is 6.01. The molecule has 1 saturated carbocycles. The van der Waals surface area contributed by atoms with Crippen molar-refractivity contribution in [3.05, 3.63) is 11.9 Å². The highest BCUT2D eigenvalue weighted by Crippen LogP contribution is 2.36. The molecule has 3 N–H and O–H groups in total. The Morgan fingerprint density at radius 3 is 2.33 bits per heavy atom. The first kappa shape index (κ1) is 16.0. The zero-order valence-corrected chi connectivity index (χ0v) is 13.3. The molecule has 118 valence electrons. The van der Waals surface area contributed by atoms with Crippen LogP contribution in [0.2, 0.25) is 0 Å². The first-order chi connectivity index (χ1) is 10.2. The fourth-order valence-corrected chi connectivity index (χ4v) is 3.18. The van der Waals surface area contributed by atoms with E-state index < -0.39 is 0 Å². The molecule has 1 fully saturated rings. The zero-order chi connectivity index (χ0) is 15.1. The lowest BCUT2D eigenvalue weighted by Crippen LogP contribution is -2.36. The van der Waals surface area contributed by atoms with E-state index in [1.807, 2.05) is 0 Å². The molecule has 1 aromatic heterocycles. The SMILES string of the molecule is CCNc1ncnc(NCC2(CO)CCCCC2)c1CC. The molecule has 0 unspecified atom stereocenters. The van der Waals surface area contributed by atoms with E-state index in [1.165, 1.54) is 19.3 Å². The van der Waals surface area contributed by atoms with E-state index in [-0.39, 0.29) is 12.0 Å². The van der Waals surface area contributed by atoms with Gasteiger partial charge in [0.1, 0.15) is 18.0 Å². The van der Waals surface area contributed by atoms with E-state index in [0.29, 0.717) is 0 Å². The molecule has 0 radical (unpaired) electrons. The van der Waals surface area contributed by atoms with Crippen LogP contribution in [0.4, 0.5) is 11.6 Å². The maximum absolute atomic E-state index is 9.80. The van der Waals surface area contributed by atoms with Crippen LogP contribution < -0.4 is 10.6 Å². The minimum atomic E-state index is 0.0204. The van der Waals surface area contributed by atoms with Crippen molar-refractivity contribution in [2.24, 2.45) is 5.41 Å². The summed E-state index contributed by atoms with van der Waals surface area (Å²) in [5, 5.41) is 16.6. The standard InChI is InChI=1S/C16H28N4O/c1-3-13-14(17-4-2)19-12-20-15(13)18-10-16(11-21)8-6-5-7-9-16/h12,21H,3-11H2,1-2H3,(H2,17,18,19,20). The third kappa shape index (κ3) is 3.84. The molecule has 1 aromatic rings. The number of aliphatic hydroxyl groups is 1. The van der Waals surface area contributed by atoms with E-state index in [0.717, 1.165) is 49.6 Å². The topological polar surface area (TPSA) is 70.1 Å². The molecule has 0 aliphatic heterocycles. The summed E-state index contributed by atoms with van der Waals surface area (Å²) >= 11 is 0. The van der Waals surface area contributed by atoms with Crippen molar-refractivity contribution in [2.75, 3.05) is 30.3 Å². The highest BCUT2D eigenvalue weighted by Gasteiger charge is 2.31. The smallest absolute Gasteiger partial charge is 0.134 e. The molecular formula is C16H28N4O. The van der Waals surface area contributed by atoms with Crippen molar-refractivity contribution >= 4 is 11.6 Å². The molecule has 0 amide bonds. The Kier molecular flexibility index (Phi) is 5.79. The Morgan fingerprint density at radius 2 is 1.76 bits per heavy atom. The molecule has 0 bridgehead atoms. The van der Waals surface area contributed by atoms with Gasteiger partial charge in [-0.1, -0.05) is 26.2 Å². The average molecular weight is 292 g/mol. The van der Waals surface area contributed by atoms with Gasteiger partial charge < -0.3 is 15.7 Å². The summed E-state index contributed by atoms with van der Waals surface area (Å²) in [7, 11) is 0. The third-order valence-corrected chi connectivity index (χ3v) is 4.52. The Bertz CT molecular complexity index is 444. The Labute approximate surface area is 127 Å². The van der Waals surface area contributed by atoms with Crippen LogP contribution in [-0.4, -0.2) is 34.8 Å². The second-order valence-electron chi connectivity index (χ2n) is 6.01. The Hall–Kier alpha value is -1.36. The van der Waals surface area contributed by atoms with Gasteiger partial charge in [-0.05, 0) is 26.2 Å². The van der Waals surface area contributed by atoms with Crippen LogP contribution in [0.15, 0.2) is 6.33 Å². The highest BCUT2D eigenvalue weighted by molar-refractivity contribution is 5.57. The summed E-state index contributed by atoms with van der Waals surface area (Å²) in [6, 6.07) is 0. The number of hydrogen-bond acceptors (Lipinski definition) is 5. The summed E-state index contributed by atoms with van der Waals surface area (Å²) in [6.45, 7) is 6.08. The van der Waals surface area contributed by atoms with Crippen molar-refractivity contribution in [1.82, 2.24) is 9.97 Å². The van der Waals surface area contributed by atoms with E-state index in [1.54, 1.807) is 6.33 Å². The summed E-state index contributed by atoms with van der Waals surface area (Å²) in [4.78, 5) is 8.72. The number of aromatic nitrogens is 2. The minimum Gasteiger partial charge on any atom is -0.396 e. The van der Waals surface area contributed by atoms with Gasteiger partial charge in [-0.25, -0.2) is 9.97 Å². The fourth-order valence-electron chi connectivity index (χ4n) is 3.18. The number of nitrogens with zero attached hydrogens (tertiary/aromatic N) is 2. The molecule has 1 heterocycles. The lowest BCUT2D eigenvalue weighted by Gasteiger charge is -2.36. The van der Waals surface area contributed by atoms with E-state index in [2.05, 4.69) is 34.4 Å². The predicted octanol–water partition coefficient (Wildman–Crippen LogP) is 2.83. The van der Waals surface area contributed by atoms with E-state index in [9.17, 15) is 5.11 Å². The Balaban J connectivity index is 2.09. The van der Waals surface area contributed by atoms with E-state index >= 15 is 0 Å². The maximum atomic E-state index is 9.80. The lowest BCUT2D eigenvalue weighted by atomic mass is 9.74. The van der Waals surface area contributed by atoms with Crippen molar-refractivity contribution < 1.29 is 5.11 Å². The Morgan fingerprint density at radius 1 is 1.10 bits per heavy atom. The number of anilines is 2. The fraction of sp³-hybridized carbons (Fsp3) is 0.750. The van der Waals surface area contributed by atoms with Crippen LogP contribution in [0.25, 0.3) is 0 Å². The summed E-state index contributed by atoms with van der Waals surface area (Å²) in [5.74, 6) is 1.82. The first-order valence-electron chi connectivity index (χ1n) is 8.17. The number of nitrogens with one attached hydrogen (secondary N) is 2. The molecule has 0 aromatic carbocycles. The van der Waals surface area contributed by atoms with Gasteiger partial charge in [0, 0.05) is 24.1 Å². The first-order valence-corrected chi connectivity index (χ1v) is 8.17. The summed E-state index contributed by atoms with van der Waals surface area (Å²) < 4.78 is 0. The van der Waals surface area contributed by atoms with Gasteiger partial charge in [0.15, 0.2) is 0 Å². The molecule has 0 spiro atoms. The molecule has 0 saturated heterocycles. The van der Waals surface area contributed by atoms with Crippen molar-refractivity contribution in [3.63, 3.8) is 0 Å². The molecule has 1 aliphatic rings. The van der Waals surface area contributed by atoms with Crippen molar-refractivity contribution in [1.29, 1.82) is 0 Å². The van der Waals surface area contributed by atoms with Crippen molar-refractivity contribution in [2.45, 2.75) is 52.4 Å². The number of aliphatic hydroxyl groups excluding tert-OH is 1. The van der Waals surface area contributed by atoms with Gasteiger partial charge in [-0.15, -0.1) is 0 Å². The maximum Gasteiger partial charge on any atom is 0.134 e. The van der Waals surface area contributed by atoms with Crippen LogP contribution in [0.5, 0.6) is 0 Å². The van der Waals surface area contributed by atoms with Crippen LogP contribution in [0, 0.1) is 5.41 Å². The quantitative estimate of drug-likeness (QED) is 0.721. The van der Waals surface area contributed by atoms with Gasteiger partial charge >= 0.3 is 0 Å². The number of hydrogen-bond donors (Lipinski definition) is 3. The van der Waals surface area contributed by atoms with Gasteiger partial charge in [0.25, 0.3) is 0 Å². The normalized spacial score (nSPS) is 17.5. The molecular weight excluding hydrogens is 264 g/mol. The summed E-state index contributed by atoms with van der Waals surface area (Å²) in [5.41, 5.74) is 1.15. The van der Waals surface area contributed by atoms with Gasteiger partial charge in [-0.2, -0.15) is 0 Å². The van der Waals surface area contributed by atoms with Gasteiger partial charge in [0.05, 0.1) is 6.61 Å². The highest BCUT2D eigenvalue weighted by atomic mass is 16.3. The third-order valence-electron chi connectivity index (χ3n) is 4.52. The van der Waals surface area contributed by atoms with Crippen LogP contribution in [0.1, 0.15) is 51.5 Å². The molecule has 5 heteroatoms. The molecule has 0 atom stereocenters. The molecule has 2 rings (SSSR count). The zero-order valence-electron chi connectivity index (χ0n) is 13.3. The molecule has 21 heavy (non-hydrogen) atoms. The van der Waals surface area contributed by atoms with Gasteiger partial charge in [-0.3, -0.25) is 0 Å². The molecule has 1 aliphatic carbocycles. The minimum absolute atomic E-state index is 0.0204. The summed E-state index contributed by atoms with van der Waals surface area (Å²) in [6.07, 6.45) is 8.42. The average Bonchev–Trinajstić information content (AvgIpc) is 2.54. The van der Waals surface area contributed by atoms with Crippen LogP contribution in [0.3, 0.4) is 0 Å². The van der Waals surface area contributed by atoms with Crippen LogP contribution in [-0.2, 0) is 6.42 Å². The number of rotatable bonds is 7. The second kappa shape index (κ2) is 7.59. The van der Waals surface area contributed by atoms with Gasteiger partial charge in [0.2, 0.25) is 0 Å². The monoisotopic (exact) mass is 292 g/mol. The predicted molar refractivity (Wildman–Crippen MR) is 86.7 cm³/mol. The lowest BCUT2D eigenvalue weighted by molar-refractivity contribution is 0.0943. The van der Waals surface area contributed by atoms with E-state index in [4.69, 9.17) is 0 Å².